The van der Waals surface area contributed by atoms with E-state index >= 15 is 0 Å². The zero-order valence-electron chi connectivity index (χ0n) is 12.9. The molecule has 0 radical (unpaired) electrons. The van der Waals surface area contributed by atoms with Gasteiger partial charge in [-0.2, -0.15) is 0 Å². The molecule has 3 heteroatoms. The maximum atomic E-state index is 10.0. The molecule has 2 N–H and O–H groups in total. The lowest BCUT2D eigenvalue weighted by molar-refractivity contribution is 0.103. The number of benzene rings is 1. The van der Waals surface area contributed by atoms with E-state index in [2.05, 4.69) is 19.2 Å². The Morgan fingerprint density at radius 2 is 2.15 bits per heavy atom. The molecular weight excluding hydrogens is 250 g/mol. The molecule has 1 aliphatic rings. The topological polar surface area (TPSA) is 41.5 Å². The first-order valence-electron chi connectivity index (χ1n) is 7.56. The van der Waals surface area contributed by atoms with Gasteiger partial charge >= 0.3 is 0 Å². The lowest BCUT2D eigenvalue weighted by atomic mass is 9.92. The highest BCUT2D eigenvalue weighted by atomic mass is 16.5. The second kappa shape index (κ2) is 6.59. The summed E-state index contributed by atoms with van der Waals surface area (Å²) < 4.78 is 5.66. The van der Waals surface area contributed by atoms with Gasteiger partial charge in [0.1, 0.15) is 18.5 Å². The van der Waals surface area contributed by atoms with Crippen LogP contribution in [0.3, 0.4) is 0 Å². The Hall–Kier alpha value is -1.06. The average molecular weight is 277 g/mol. The van der Waals surface area contributed by atoms with E-state index in [0.29, 0.717) is 24.6 Å². The molecule has 20 heavy (non-hydrogen) atoms. The second-order valence-electron chi connectivity index (χ2n) is 6.74. The highest BCUT2D eigenvalue weighted by Gasteiger charge is 2.30. The van der Waals surface area contributed by atoms with Crippen LogP contribution in [0.2, 0.25) is 0 Å². The summed E-state index contributed by atoms with van der Waals surface area (Å²) in [5.74, 6) is 0.855. The predicted molar refractivity (Wildman–Crippen MR) is 82.1 cm³/mol. The molecule has 3 nitrogen and oxygen atoms in total. The number of ether oxygens (including phenoxy) is 1. The quantitative estimate of drug-likeness (QED) is 0.840. The summed E-state index contributed by atoms with van der Waals surface area (Å²) in [5, 5.41) is 13.5. The number of aliphatic hydroxyl groups excluding tert-OH is 1. The highest BCUT2D eigenvalue weighted by Crippen LogP contribution is 2.36. The van der Waals surface area contributed by atoms with Gasteiger partial charge in [0.05, 0.1) is 0 Å². The Balaban J connectivity index is 1.69. The van der Waals surface area contributed by atoms with Gasteiger partial charge in [-0.25, -0.2) is 0 Å². The lowest BCUT2D eigenvalue weighted by Crippen LogP contribution is -2.37. The summed E-state index contributed by atoms with van der Waals surface area (Å²) in [7, 11) is 0. The van der Waals surface area contributed by atoms with E-state index < -0.39 is 6.10 Å². The molecule has 1 aromatic rings. The van der Waals surface area contributed by atoms with E-state index in [-0.39, 0.29) is 0 Å². The molecule has 0 aliphatic heterocycles. The van der Waals surface area contributed by atoms with Gasteiger partial charge in [0, 0.05) is 12.6 Å². The fraction of sp³-hybridized carbons (Fsp3) is 0.647. The van der Waals surface area contributed by atoms with E-state index in [4.69, 9.17) is 4.74 Å². The Labute approximate surface area is 122 Å². The molecule has 0 aromatic heterocycles. The van der Waals surface area contributed by atoms with Crippen molar-refractivity contribution in [2.24, 2.45) is 5.41 Å². The first-order valence-corrected chi connectivity index (χ1v) is 7.56. The largest absolute Gasteiger partial charge is 0.491 e. The maximum absolute atomic E-state index is 10.0. The Bertz CT molecular complexity index is 431. The van der Waals surface area contributed by atoms with E-state index in [0.717, 1.165) is 11.3 Å². The van der Waals surface area contributed by atoms with Crippen LogP contribution in [0.25, 0.3) is 0 Å². The minimum absolute atomic E-state index is 0.341. The molecule has 0 heterocycles. The summed E-state index contributed by atoms with van der Waals surface area (Å²) in [6.45, 7) is 7.58. The molecule has 0 spiro atoms. The Kier molecular flexibility index (Phi) is 5.06. The average Bonchev–Trinajstić information content (AvgIpc) is 2.75. The van der Waals surface area contributed by atoms with Gasteiger partial charge in [0.25, 0.3) is 0 Å². The predicted octanol–water partition coefficient (Wildman–Crippen LogP) is 2.90. The molecule has 1 aromatic carbocycles. The third-order valence-electron chi connectivity index (χ3n) is 4.14. The molecule has 2 rings (SSSR count). The molecule has 112 valence electrons. The van der Waals surface area contributed by atoms with Crippen molar-refractivity contribution in [2.75, 3.05) is 13.2 Å². The van der Waals surface area contributed by atoms with Crippen LogP contribution in [0.1, 0.15) is 38.7 Å². The minimum atomic E-state index is -0.460. The summed E-state index contributed by atoms with van der Waals surface area (Å²) in [6.07, 6.45) is 3.20. The first-order chi connectivity index (χ1) is 9.46. The molecule has 1 aliphatic carbocycles. The van der Waals surface area contributed by atoms with Crippen LogP contribution in [0.4, 0.5) is 0 Å². The third-order valence-corrected chi connectivity index (χ3v) is 4.14. The Morgan fingerprint density at radius 1 is 1.40 bits per heavy atom. The van der Waals surface area contributed by atoms with Crippen molar-refractivity contribution in [3.63, 3.8) is 0 Å². The van der Waals surface area contributed by atoms with Crippen LogP contribution in [0, 0.1) is 12.3 Å². The number of hydrogen-bond donors (Lipinski definition) is 2. The normalized spacial score (nSPS) is 22.7. The van der Waals surface area contributed by atoms with Crippen LogP contribution < -0.4 is 10.1 Å². The maximum Gasteiger partial charge on any atom is 0.122 e. The Morgan fingerprint density at radius 3 is 2.80 bits per heavy atom. The second-order valence-corrected chi connectivity index (χ2v) is 6.74. The molecule has 1 fully saturated rings. The number of rotatable bonds is 6. The van der Waals surface area contributed by atoms with Crippen molar-refractivity contribution in [3.05, 3.63) is 29.8 Å². The lowest BCUT2D eigenvalue weighted by Gasteiger charge is -2.20. The van der Waals surface area contributed by atoms with Crippen molar-refractivity contribution in [1.29, 1.82) is 0 Å². The standard InChI is InChI=1S/C17H27NO2/c1-13-6-4-5-7-16(13)20-12-15(19)11-18-14-8-9-17(2,3)10-14/h4-7,14-15,18-19H,8-12H2,1-3H3. The summed E-state index contributed by atoms with van der Waals surface area (Å²) in [5.41, 5.74) is 1.55. The summed E-state index contributed by atoms with van der Waals surface area (Å²) in [6, 6.07) is 8.43. The fourth-order valence-corrected chi connectivity index (χ4v) is 2.88. The minimum Gasteiger partial charge on any atom is -0.491 e. The van der Waals surface area contributed by atoms with Gasteiger partial charge in [0.15, 0.2) is 0 Å². The monoisotopic (exact) mass is 277 g/mol. The van der Waals surface area contributed by atoms with Gasteiger partial charge in [-0.05, 0) is 43.2 Å². The van der Waals surface area contributed by atoms with Crippen molar-refractivity contribution in [1.82, 2.24) is 5.32 Å². The highest BCUT2D eigenvalue weighted by molar-refractivity contribution is 5.31. The summed E-state index contributed by atoms with van der Waals surface area (Å²) in [4.78, 5) is 0. The van der Waals surface area contributed by atoms with Gasteiger partial charge in [-0.1, -0.05) is 32.0 Å². The number of aryl methyl sites for hydroxylation is 1. The molecule has 1 saturated carbocycles. The van der Waals surface area contributed by atoms with Crippen molar-refractivity contribution >= 4 is 0 Å². The van der Waals surface area contributed by atoms with Crippen LogP contribution in [-0.4, -0.2) is 30.4 Å². The molecule has 0 amide bonds. The molecule has 2 unspecified atom stereocenters. The van der Waals surface area contributed by atoms with Crippen LogP contribution >= 0.6 is 0 Å². The van der Waals surface area contributed by atoms with Gasteiger partial charge in [-0.15, -0.1) is 0 Å². The number of aliphatic hydroxyl groups is 1. The zero-order valence-corrected chi connectivity index (χ0v) is 12.9. The van der Waals surface area contributed by atoms with E-state index in [1.54, 1.807) is 0 Å². The van der Waals surface area contributed by atoms with E-state index in [1.807, 2.05) is 31.2 Å². The van der Waals surface area contributed by atoms with Crippen LogP contribution in [0.15, 0.2) is 24.3 Å². The van der Waals surface area contributed by atoms with Gasteiger partial charge in [0.2, 0.25) is 0 Å². The summed E-state index contributed by atoms with van der Waals surface area (Å²) >= 11 is 0. The number of nitrogens with one attached hydrogen (secondary N) is 1. The van der Waals surface area contributed by atoms with E-state index in [9.17, 15) is 5.11 Å². The third kappa shape index (κ3) is 4.50. The van der Waals surface area contributed by atoms with Gasteiger partial charge < -0.3 is 15.2 Å². The molecule has 2 atom stereocenters. The van der Waals surface area contributed by atoms with Crippen LogP contribution in [-0.2, 0) is 0 Å². The molecular formula is C17H27NO2. The van der Waals surface area contributed by atoms with Crippen molar-refractivity contribution < 1.29 is 9.84 Å². The van der Waals surface area contributed by atoms with Crippen molar-refractivity contribution in [3.8, 4) is 5.75 Å². The first kappa shape index (κ1) is 15.3. The van der Waals surface area contributed by atoms with Gasteiger partial charge in [-0.3, -0.25) is 0 Å². The number of para-hydroxylation sites is 1. The van der Waals surface area contributed by atoms with Crippen LogP contribution in [0.5, 0.6) is 5.75 Å². The van der Waals surface area contributed by atoms with E-state index in [1.165, 1.54) is 19.3 Å². The smallest absolute Gasteiger partial charge is 0.122 e. The van der Waals surface area contributed by atoms with Crippen molar-refractivity contribution in [2.45, 2.75) is 52.2 Å². The fourth-order valence-electron chi connectivity index (χ4n) is 2.88. The molecule has 0 bridgehead atoms. The molecule has 0 saturated heterocycles. The number of hydrogen-bond acceptors (Lipinski definition) is 3. The zero-order chi connectivity index (χ0) is 14.6. The SMILES string of the molecule is Cc1ccccc1OCC(O)CNC1CCC(C)(C)C1.